The molecule has 0 saturated heterocycles. The Morgan fingerprint density at radius 2 is 1.95 bits per heavy atom. The third-order valence-corrected chi connectivity index (χ3v) is 4.56. The fraction of sp³-hybridized carbons (Fsp3) is 0.500. The second kappa shape index (κ2) is 7.71. The molecule has 118 valence electrons. The summed E-state index contributed by atoms with van der Waals surface area (Å²) < 4.78 is 37.3. The van der Waals surface area contributed by atoms with Gasteiger partial charge in [-0.15, -0.1) is 0 Å². The molecule has 0 N–H and O–H groups in total. The Hall–Kier alpha value is -1.20. The highest BCUT2D eigenvalue weighted by Gasteiger charge is 2.20. The van der Waals surface area contributed by atoms with Crippen LogP contribution in [0.1, 0.15) is 32.8 Å². The molecule has 1 aliphatic rings. The molecule has 0 fully saturated rings. The number of rotatable bonds is 3. The highest BCUT2D eigenvalue weighted by Crippen LogP contribution is 2.28. The van der Waals surface area contributed by atoms with Gasteiger partial charge >= 0.3 is 0 Å². The van der Waals surface area contributed by atoms with E-state index in [2.05, 4.69) is 11.8 Å². The molecule has 0 atom stereocenters. The van der Waals surface area contributed by atoms with E-state index in [4.69, 9.17) is 0 Å². The highest BCUT2D eigenvalue weighted by atomic mass is 32.2. The maximum Gasteiger partial charge on any atom is 0.178 e. The molecule has 5 heteroatoms. The van der Waals surface area contributed by atoms with Crippen LogP contribution in [0.2, 0.25) is 0 Å². The van der Waals surface area contributed by atoms with Crippen LogP contribution in [0, 0.1) is 5.82 Å². The number of benzene rings is 1. The summed E-state index contributed by atoms with van der Waals surface area (Å²) in [7, 11) is -3.52. The smallest absolute Gasteiger partial charge is 0.178 e. The van der Waals surface area contributed by atoms with Crippen molar-refractivity contribution in [3.8, 4) is 0 Å². The monoisotopic (exact) mass is 313 g/mol. The van der Waals surface area contributed by atoms with Crippen LogP contribution in [-0.4, -0.2) is 39.2 Å². The zero-order valence-corrected chi connectivity index (χ0v) is 14.0. The van der Waals surface area contributed by atoms with Crippen LogP contribution in [0.3, 0.4) is 0 Å². The van der Waals surface area contributed by atoms with Crippen molar-refractivity contribution in [3.05, 3.63) is 35.7 Å². The van der Waals surface area contributed by atoms with E-state index in [1.165, 1.54) is 6.07 Å². The van der Waals surface area contributed by atoms with Crippen LogP contribution in [0.25, 0.3) is 5.57 Å². The van der Waals surface area contributed by atoms with E-state index in [9.17, 15) is 12.8 Å². The Bertz CT molecular complexity index is 609. The summed E-state index contributed by atoms with van der Waals surface area (Å²) in [4.78, 5) is 2.03. The molecular formula is C16H24FNO2S. The zero-order chi connectivity index (χ0) is 16.0. The topological polar surface area (TPSA) is 37.4 Å². The SMILES string of the molecule is CC.CCN1CC=C(c2cccc(S(C)(=O)=O)c2F)CC1. The molecule has 0 saturated carbocycles. The Morgan fingerprint density at radius 1 is 1.29 bits per heavy atom. The van der Waals surface area contributed by atoms with Crippen molar-refractivity contribution in [2.45, 2.75) is 32.1 Å². The zero-order valence-electron chi connectivity index (χ0n) is 13.2. The molecule has 21 heavy (non-hydrogen) atoms. The second-order valence-corrected chi connectivity index (χ2v) is 6.75. The van der Waals surface area contributed by atoms with Gasteiger partial charge in [-0.25, -0.2) is 12.8 Å². The van der Waals surface area contributed by atoms with Crippen molar-refractivity contribution in [2.24, 2.45) is 0 Å². The summed E-state index contributed by atoms with van der Waals surface area (Å²) in [6.07, 6.45) is 3.76. The summed E-state index contributed by atoms with van der Waals surface area (Å²) in [5.41, 5.74) is 1.31. The van der Waals surface area contributed by atoms with Gasteiger partial charge in [0, 0.05) is 24.9 Å². The van der Waals surface area contributed by atoms with Crippen LogP contribution in [-0.2, 0) is 9.84 Å². The molecule has 0 radical (unpaired) electrons. The van der Waals surface area contributed by atoms with E-state index < -0.39 is 15.7 Å². The van der Waals surface area contributed by atoms with Crippen molar-refractivity contribution in [3.63, 3.8) is 0 Å². The minimum Gasteiger partial charge on any atom is -0.300 e. The van der Waals surface area contributed by atoms with E-state index in [-0.39, 0.29) is 4.90 Å². The number of nitrogens with zero attached hydrogens (tertiary/aromatic N) is 1. The third kappa shape index (κ3) is 4.38. The van der Waals surface area contributed by atoms with Crippen LogP contribution in [0.4, 0.5) is 4.39 Å². The van der Waals surface area contributed by atoms with Crippen LogP contribution in [0.15, 0.2) is 29.2 Å². The van der Waals surface area contributed by atoms with Gasteiger partial charge in [-0.1, -0.05) is 39.0 Å². The predicted octanol–water partition coefficient (Wildman–Crippen LogP) is 3.36. The molecule has 0 aromatic heterocycles. The van der Waals surface area contributed by atoms with Crippen molar-refractivity contribution in [1.82, 2.24) is 4.90 Å². The molecule has 2 rings (SSSR count). The molecular weight excluding hydrogens is 289 g/mol. The van der Waals surface area contributed by atoms with Gasteiger partial charge in [0.2, 0.25) is 0 Å². The maximum atomic E-state index is 14.3. The maximum absolute atomic E-state index is 14.3. The summed E-state index contributed by atoms with van der Waals surface area (Å²) in [6, 6.07) is 4.56. The number of hydrogen-bond donors (Lipinski definition) is 0. The van der Waals surface area contributed by atoms with Crippen LogP contribution >= 0.6 is 0 Å². The predicted molar refractivity (Wildman–Crippen MR) is 85.6 cm³/mol. The summed E-state index contributed by atoms with van der Waals surface area (Å²) >= 11 is 0. The average Bonchev–Trinajstić information content (AvgIpc) is 2.48. The molecule has 0 bridgehead atoms. The molecule has 1 aromatic rings. The lowest BCUT2D eigenvalue weighted by molar-refractivity contribution is 0.318. The first-order valence-electron chi connectivity index (χ1n) is 7.33. The number of hydrogen-bond acceptors (Lipinski definition) is 3. The summed E-state index contributed by atoms with van der Waals surface area (Å²) in [5.74, 6) is -0.624. The second-order valence-electron chi connectivity index (χ2n) is 4.76. The first-order chi connectivity index (χ1) is 9.93. The minimum absolute atomic E-state index is 0.219. The molecule has 1 aliphatic heterocycles. The normalized spacial score (nSPS) is 16.0. The fourth-order valence-corrected chi connectivity index (χ4v) is 3.05. The van der Waals surface area contributed by atoms with Crippen molar-refractivity contribution >= 4 is 15.4 Å². The van der Waals surface area contributed by atoms with E-state index >= 15 is 0 Å². The quantitative estimate of drug-likeness (QED) is 0.858. The average molecular weight is 313 g/mol. The van der Waals surface area contributed by atoms with Gasteiger partial charge in [-0.3, -0.25) is 4.90 Å². The lowest BCUT2D eigenvalue weighted by Gasteiger charge is -2.25. The van der Waals surface area contributed by atoms with E-state index in [1.54, 1.807) is 12.1 Å². The third-order valence-electron chi connectivity index (χ3n) is 3.45. The highest BCUT2D eigenvalue weighted by molar-refractivity contribution is 7.90. The van der Waals surface area contributed by atoms with E-state index in [1.807, 2.05) is 19.9 Å². The fourth-order valence-electron chi connectivity index (χ4n) is 2.29. The van der Waals surface area contributed by atoms with E-state index in [0.29, 0.717) is 5.56 Å². The lowest BCUT2D eigenvalue weighted by atomic mass is 9.99. The standard InChI is InChI=1S/C14H18FNO2S.C2H6/c1-3-16-9-7-11(8-10-16)12-5-4-6-13(14(12)15)19(2,17)18;1-2/h4-7H,3,8-10H2,1-2H3;1-2H3. The van der Waals surface area contributed by atoms with Gasteiger partial charge < -0.3 is 0 Å². The van der Waals surface area contributed by atoms with Crippen molar-refractivity contribution in [2.75, 3.05) is 25.9 Å². The minimum atomic E-state index is -3.52. The Kier molecular flexibility index (Phi) is 6.55. The van der Waals surface area contributed by atoms with Gasteiger partial charge in [-0.05, 0) is 24.6 Å². The van der Waals surface area contributed by atoms with Gasteiger partial charge in [0.05, 0.1) is 0 Å². The largest absolute Gasteiger partial charge is 0.300 e. The Balaban J connectivity index is 0.00000106. The summed E-state index contributed by atoms with van der Waals surface area (Å²) in [5, 5.41) is 0. The first-order valence-corrected chi connectivity index (χ1v) is 9.23. The number of halogens is 1. The van der Waals surface area contributed by atoms with Gasteiger partial charge in [0.1, 0.15) is 10.7 Å². The van der Waals surface area contributed by atoms with Gasteiger partial charge in [0.15, 0.2) is 9.84 Å². The van der Waals surface area contributed by atoms with Crippen LogP contribution < -0.4 is 0 Å². The summed E-state index contributed by atoms with van der Waals surface area (Å²) in [6.45, 7) is 8.72. The molecule has 1 heterocycles. The Morgan fingerprint density at radius 3 is 2.43 bits per heavy atom. The molecule has 1 aromatic carbocycles. The Labute approximate surface area is 127 Å². The van der Waals surface area contributed by atoms with Crippen molar-refractivity contribution in [1.29, 1.82) is 0 Å². The van der Waals surface area contributed by atoms with Crippen molar-refractivity contribution < 1.29 is 12.8 Å². The molecule has 0 amide bonds. The van der Waals surface area contributed by atoms with E-state index in [0.717, 1.165) is 37.9 Å². The number of likely N-dealkylation sites (N-methyl/N-ethyl adjacent to an activating group) is 1. The van der Waals surface area contributed by atoms with Crippen LogP contribution in [0.5, 0.6) is 0 Å². The number of sulfone groups is 1. The van der Waals surface area contributed by atoms with Gasteiger partial charge in [0.25, 0.3) is 0 Å². The molecule has 0 unspecified atom stereocenters. The molecule has 0 aliphatic carbocycles. The lowest BCUT2D eigenvalue weighted by Crippen LogP contribution is -2.28. The van der Waals surface area contributed by atoms with Gasteiger partial charge in [-0.2, -0.15) is 0 Å². The first kappa shape index (κ1) is 17.9. The molecule has 0 spiro atoms. The molecule has 3 nitrogen and oxygen atoms in total.